The molecule has 0 aromatic rings. The molecule has 1 aliphatic rings. The van der Waals surface area contributed by atoms with Crippen molar-refractivity contribution >= 4 is 30.5 Å². The van der Waals surface area contributed by atoms with Crippen molar-refractivity contribution in [2.45, 2.75) is 44.9 Å². The molecule has 1 fully saturated rings. The predicted octanol–water partition coefficient (Wildman–Crippen LogP) is -2.88. The molecule has 0 aliphatic carbocycles. The van der Waals surface area contributed by atoms with E-state index in [9.17, 15) is 29.7 Å². The van der Waals surface area contributed by atoms with Crippen LogP contribution in [0.3, 0.4) is 0 Å². The van der Waals surface area contributed by atoms with E-state index in [0.29, 0.717) is 52.4 Å². The Bertz CT molecular complexity index is 572. The van der Waals surface area contributed by atoms with Crippen LogP contribution in [0, 0.1) is 39.9 Å². The second kappa shape index (κ2) is 22.0. The third-order valence-electron chi connectivity index (χ3n) is 6.12. The zero-order chi connectivity index (χ0) is 25.2. The van der Waals surface area contributed by atoms with Crippen LogP contribution in [0.5, 0.6) is 0 Å². The first kappa shape index (κ1) is 34.9. The Kier molecular flexibility index (Phi) is 21.9. The molecule has 0 saturated carbocycles. The maximum absolute atomic E-state index is 11.2. The van der Waals surface area contributed by atoms with Crippen molar-refractivity contribution in [3.8, 4) is 0 Å². The molecular formula is C23H41GdN4O6S. The molecular weight excluding hydrogens is 618 g/mol. The monoisotopic (exact) mass is 659 g/mol. The van der Waals surface area contributed by atoms with Crippen molar-refractivity contribution in [1.29, 1.82) is 0 Å². The largest absolute Gasteiger partial charge is 3.00 e. The summed E-state index contributed by atoms with van der Waals surface area (Å²) in [6, 6.07) is 0. The van der Waals surface area contributed by atoms with Crippen LogP contribution in [0.1, 0.15) is 44.9 Å². The minimum Gasteiger partial charge on any atom is -0.549 e. The number of rotatable bonds is 15. The van der Waals surface area contributed by atoms with Gasteiger partial charge in [-0.1, -0.05) is 32.1 Å². The summed E-state index contributed by atoms with van der Waals surface area (Å²) in [5.41, 5.74) is 0. The van der Waals surface area contributed by atoms with Crippen molar-refractivity contribution in [2.75, 3.05) is 84.3 Å². The second-order valence-electron chi connectivity index (χ2n) is 8.98. The molecule has 203 valence electrons. The fourth-order valence-electron chi connectivity index (χ4n) is 4.16. The summed E-state index contributed by atoms with van der Waals surface area (Å²) in [5, 5.41) is 33.5. The zero-order valence-corrected chi connectivity index (χ0v) is 23.8. The average Bonchev–Trinajstić information content (AvgIpc) is 2.75. The first-order chi connectivity index (χ1) is 16.3. The Morgan fingerprint density at radius 3 is 1.11 bits per heavy atom. The summed E-state index contributed by atoms with van der Waals surface area (Å²) in [7, 11) is 0. The molecule has 0 N–H and O–H groups in total. The van der Waals surface area contributed by atoms with Gasteiger partial charge in [0.2, 0.25) is 0 Å². The maximum Gasteiger partial charge on any atom is 3.00 e. The van der Waals surface area contributed by atoms with Gasteiger partial charge in [0.1, 0.15) is 0 Å². The van der Waals surface area contributed by atoms with Gasteiger partial charge in [0.25, 0.3) is 0 Å². The number of unbranched alkanes of at least 4 members (excludes halogenated alkanes) is 6. The summed E-state index contributed by atoms with van der Waals surface area (Å²) in [6.07, 6.45) is 8.17. The topological polar surface area (TPSA) is 133 Å². The van der Waals surface area contributed by atoms with Crippen LogP contribution < -0.4 is 15.3 Å². The summed E-state index contributed by atoms with van der Waals surface area (Å²) >= 11 is 4.23. The normalized spacial score (nSPS) is 17.7. The van der Waals surface area contributed by atoms with Crippen molar-refractivity contribution in [1.82, 2.24) is 19.6 Å². The predicted molar refractivity (Wildman–Crippen MR) is 127 cm³/mol. The quantitative estimate of drug-likeness (QED) is 0.145. The van der Waals surface area contributed by atoms with Gasteiger partial charge in [0.05, 0.1) is 17.9 Å². The van der Waals surface area contributed by atoms with Crippen LogP contribution in [0.25, 0.3) is 0 Å². The van der Waals surface area contributed by atoms with Crippen molar-refractivity contribution in [2.24, 2.45) is 0 Å². The third kappa shape index (κ3) is 19.7. The van der Waals surface area contributed by atoms with Crippen LogP contribution in [0.4, 0.5) is 0 Å². The van der Waals surface area contributed by atoms with E-state index in [1.807, 2.05) is 0 Å². The van der Waals surface area contributed by atoms with Gasteiger partial charge in [-0.25, -0.2) is 0 Å². The number of aliphatic carboxylic acids is 3. The number of carboxylic acid groups (broad SMARTS) is 3. The molecule has 1 radical (unpaired) electrons. The van der Waals surface area contributed by atoms with Crippen molar-refractivity contribution in [3.05, 3.63) is 0 Å². The van der Waals surface area contributed by atoms with E-state index in [2.05, 4.69) is 17.5 Å². The van der Waals surface area contributed by atoms with Crippen LogP contribution in [0.15, 0.2) is 0 Å². The van der Waals surface area contributed by atoms with E-state index in [0.717, 1.165) is 31.6 Å². The number of hydrogen-bond donors (Lipinski definition) is 1. The third-order valence-corrected chi connectivity index (χ3v) is 6.44. The average molecular weight is 659 g/mol. The smallest absolute Gasteiger partial charge is 0.549 e. The van der Waals surface area contributed by atoms with E-state index in [4.69, 9.17) is 0 Å². The number of nitrogens with zero attached hydrogens (tertiary/aromatic N) is 4. The first-order valence-electron chi connectivity index (χ1n) is 12.4. The number of carboxylic acids is 3. The minimum atomic E-state index is -1.22. The number of carbonyl (C=O) groups is 3. The van der Waals surface area contributed by atoms with Gasteiger partial charge in [-0.15, -0.1) is 0 Å². The maximum atomic E-state index is 11.2. The molecule has 1 saturated heterocycles. The number of hydrogen-bond acceptors (Lipinski definition) is 11. The number of thiol groups is 1. The minimum absolute atomic E-state index is 0. The molecule has 1 rings (SSSR count). The summed E-state index contributed by atoms with van der Waals surface area (Å²) in [5.74, 6) is -2.61. The standard InChI is InChI=1S/C23H44N4O6S.Gd/c28-21(29)18-25-11-9-24(8-6-4-2-1-3-5-7-17-34)10-12-26(19-22(30)31)14-16-27(15-13-25)20-23(32)33;/h34H,1-20H2,(H,28,29)(H,30,31)(H,32,33);/q;+3/p-3. The van der Waals surface area contributed by atoms with E-state index in [1.54, 1.807) is 14.7 Å². The molecule has 35 heavy (non-hydrogen) atoms. The molecule has 0 bridgehead atoms. The summed E-state index contributed by atoms with van der Waals surface area (Å²) in [4.78, 5) is 41.0. The van der Waals surface area contributed by atoms with Gasteiger partial charge in [-0.3, -0.25) is 14.7 Å². The SMILES string of the molecule is O=C([O-])CN1CCN(CCCCCCCCCS)CCN(CC(=O)[O-])CCN(CC(=O)[O-])CC1.[Gd+3]. The van der Waals surface area contributed by atoms with Gasteiger partial charge in [-0.2, -0.15) is 12.6 Å². The molecule has 0 aromatic heterocycles. The van der Waals surface area contributed by atoms with Crippen LogP contribution >= 0.6 is 12.6 Å². The van der Waals surface area contributed by atoms with Crippen LogP contribution in [0.2, 0.25) is 0 Å². The summed E-state index contributed by atoms with van der Waals surface area (Å²) in [6.45, 7) is 3.90. The molecule has 0 unspecified atom stereocenters. The van der Waals surface area contributed by atoms with Crippen molar-refractivity contribution < 1.29 is 69.6 Å². The molecule has 0 aromatic carbocycles. The molecule has 10 nitrogen and oxygen atoms in total. The molecule has 0 atom stereocenters. The first-order valence-corrected chi connectivity index (χ1v) is 13.0. The fourth-order valence-corrected chi connectivity index (χ4v) is 4.38. The van der Waals surface area contributed by atoms with Crippen LogP contribution in [-0.4, -0.2) is 122 Å². The van der Waals surface area contributed by atoms with Gasteiger partial charge < -0.3 is 34.6 Å². The van der Waals surface area contributed by atoms with E-state index >= 15 is 0 Å². The Labute approximate surface area is 247 Å². The van der Waals surface area contributed by atoms with Gasteiger partial charge in [0, 0.05) is 72.0 Å². The Hall–Kier alpha value is -0.0753. The van der Waals surface area contributed by atoms with Gasteiger partial charge >= 0.3 is 39.9 Å². The zero-order valence-electron chi connectivity index (χ0n) is 20.7. The van der Waals surface area contributed by atoms with Gasteiger partial charge in [-0.05, 0) is 25.1 Å². The molecule has 0 spiro atoms. The Morgan fingerprint density at radius 2 is 0.800 bits per heavy atom. The van der Waals surface area contributed by atoms with Crippen molar-refractivity contribution in [3.63, 3.8) is 0 Å². The molecule has 1 heterocycles. The van der Waals surface area contributed by atoms with E-state index in [-0.39, 0.29) is 59.6 Å². The Balaban J connectivity index is 0.0000116. The summed E-state index contributed by atoms with van der Waals surface area (Å²) < 4.78 is 0. The van der Waals surface area contributed by atoms with E-state index in [1.165, 1.54) is 25.7 Å². The van der Waals surface area contributed by atoms with Gasteiger partial charge in [0.15, 0.2) is 0 Å². The second-order valence-corrected chi connectivity index (χ2v) is 9.43. The van der Waals surface area contributed by atoms with E-state index < -0.39 is 17.9 Å². The molecule has 1 aliphatic heterocycles. The fraction of sp³-hybridized carbons (Fsp3) is 0.870. The number of carbonyl (C=O) groups excluding carboxylic acids is 3. The molecule has 12 heteroatoms. The van der Waals surface area contributed by atoms with Crippen LogP contribution in [-0.2, 0) is 14.4 Å². The molecule has 0 amide bonds. The Morgan fingerprint density at radius 1 is 0.514 bits per heavy atom.